The van der Waals surface area contributed by atoms with Gasteiger partial charge in [0.15, 0.2) is 0 Å². The number of nitrogens with one attached hydrogen (secondary N) is 2. The highest BCUT2D eigenvalue weighted by atomic mass is 16.6. The van der Waals surface area contributed by atoms with E-state index in [0.29, 0.717) is 87.8 Å². The number of alkyl carbamates (subject to hydrolysis) is 1. The highest BCUT2D eigenvalue weighted by Crippen LogP contribution is 2.25. The number of benzene rings is 1. The molecular formula is C39H61N5O8. The third kappa shape index (κ3) is 18.1. The van der Waals surface area contributed by atoms with Crippen LogP contribution in [0.3, 0.4) is 0 Å². The minimum absolute atomic E-state index is 0.0629. The van der Waals surface area contributed by atoms with E-state index in [0.717, 1.165) is 18.5 Å². The Morgan fingerprint density at radius 2 is 1.40 bits per heavy atom. The van der Waals surface area contributed by atoms with Crippen molar-refractivity contribution in [3.63, 3.8) is 0 Å². The van der Waals surface area contributed by atoms with Crippen molar-refractivity contribution in [2.24, 2.45) is 0 Å². The zero-order chi connectivity index (χ0) is 37.4. The van der Waals surface area contributed by atoms with E-state index in [1.54, 1.807) is 6.07 Å². The minimum atomic E-state index is -0.511. The van der Waals surface area contributed by atoms with Gasteiger partial charge in [-0.05, 0) is 51.7 Å². The van der Waals surface area contributed by atoms with Gasteiger partial charge in [-0.1, -0.05) is 75.6 Å². The van der Waals surface area contributed by atoms with Crippen molar-refractivity contribution in [3.8, 4) is 11.3 Å². The molecular weight excluding hydrogens is 666 g/mol. The fraction of sp³-hybridized carbons (Fsp3) is 0.667. The average Bonchev–Trinajstić information content (AvgIpc) is 3.57. The minimum Gasteiger partial charge on any atom is -0.444 e. The molecule has 0 radical (unpaired) electrons. The monoisotopic (exact) mass is 727 g/mol. The Morgan fingerprint density at radius 3 is 2.06 bits per heavy atom. The molecule has 1 aromatic carbocycles. The lowest BCUT2D eigenvalue weighted by atomic mass is 10.0. The van der Waals surface area contributed by atoms with Gasteiger partial charge in [0.25, 0.3) is 0 Å². The SMILES string of the molecule is CCCCCCCCCCCn1cc(-c2ccc3c(CC(=O)NCCCOCCOCCOCCCNC(=O)OC(C)(C)C)cc(=O)oc3c2)nn1. The standard InChI is InChI=1S/C39H61N5O8/c1-5-6-7-8-9-10-11-12-13-20-44-30-34(42-43-44)31-16-17-33-32(29-37(46)51-35(33)27-31)28-36(45)40-18-14-21-48-23-25-50-26-24-49-22-15-19-41-38(47)52-39(2,3)4/h16-17,27,29-30H,5-15,18-26,28H2,1-4H3,(H,40,45)(H,41,47). The zero-order valence-electron chi connectivity index (χ0n) is 31.8. The van der Waals surface area contributed by atoms with Crippen molar-refractivity contribution in [2.75, 3.05) is 52.7 Å². The van der Waals surface area contributed by atoms with Crippen LogP contribution in [-0.4, -0.2) is 85.3 Å². The lowest BCUT2D eigenvalue weighted by Gasteiger charge is -2.19. The maximum atomic E-state index is 12.7. The fourth-order valence-corrected chi connectivity index (χ4v) is 5.52. The van der Waals surface area contributed by atoms with Gasteiger partial charge in [-0.2, -0.15) is 0 Å². The number of carbonyl (C=O) groups is 2. The summed E-state index contributed by atoms with van der Waals surface area (Å²) in [6, 6.07) is 6.94. The van der Waals surface area contributed by atoms with Crippen LogP contribution in [0.4, 0.5) is 4.79 Å². The Bertz CT molecular complexity index is 1520. The number of amides is 2. The van der Waals surface area contributed by atoms with Gasteiger partial charge in [0.2, 0.25) is 5.91 Å². The van der Waals surface area contributed by atoms with Gasteiger partial charge in [-0.15, -0.1) is 5.10 Å². The van der Waals surface area contributed by atoms with Crippen LogP contribution in [-0.2, 0) is 36.7 Å². The lowest BCUT2D eigenvalue weighted by molar-refractivity contribution is -0.120. The summed E-state index contributed by atoms with van der Waals surface area (Å²) in [4.78, 5) is 36.6. The third-order valence-corrected chi connectivity index (χ3v) is 8.17. The van der Waals surface area contributed by atoms with Crippen LogP contribution in [0.2, 0.25) is 0 Å². The predicted octanol–water partition coefficient (Wildman–Crippen LogP) is 6.60. The summed E-state index contributed by atoms with van der Waals surface area (Å²) in [5, 5.41) is 14.9. The van der Waals surface area contributed by atoms with Crippen molar-refractivity contribution in [1.82, 2.24) is 25.6 Å². The summed E-state index contributed by atoms with van der Waals surface area (Å²) in [6.07, 6.45) is 14.3. The maximum Gasteiger partial charge on any atom is 0.407 e. The van der Waals surface area contributed by atoms with Crippen LogP contribution in [0.5, 0.6) is 0 Å². The van der Waals surface area contributed by atoms with Crippen LogP contribution in [0.15, 0.2) is 39.7 Å². The molecule has 13 heteroatoms. The van der Waals surface area contributed by atoms with Crippen molar-refractivity contribution in [3.05, 3.63) is 46.4 Å². The number of aromatic nitrogens is 3. The molecule has 0 spiro atoms. The molecule has 0 fully saturated rings. The Balaban J connectivity index is 1.26. The van der Waals surface area contributed by atoms with Gasteiger partial charge >= 0.3 is 11.7 Å². The second-order valence-corrected chi connectivity index (χ2v) is 14.0. The second kappa shape index (κ2) is 24.4. The van der Waals surface area contributed by atoms with E-state index in [1.807, 2.05) is 43.8 Å². The number of carbonyl (C=O) groups excluding carboxylic acids is 2. The largest absolute Gasteiger partial charge is 0.444 e. The summed E-state index contributed by atoms with van der Waals surface area (Å²) in [6.45, 7) is 12.3. The molecule has 52 heavy (non-hydrogen) atoms. The molecule has 2 amide bonds. The fourth-order valence-electron chi connectivity index (χ4n) is 5.52. The first-order valence-electron chi connectivity index (χ1n) is 19.1. The lowest BCUT2D eigenvalue weighted by Crippen LogP contribution is -2.33. The van der Waals surface area contributed by atoms with Gasteiger partial charge in [0, 0.05) is 49.9 Å². The summed E-state index contributed by atoms with van der Waals surface area (Å²) in [7, 11) is 0. The van der Waals surface area contributed by atoms with Crippen molar-refractivity contribution in [1.29, 1.82) is 0 Å². The number of fused-ring (bicyclic) bond motifs is 1. The summed E-state index contributed by atoms with van der Waals surface area (Å²) in [5.74, 6) is -0.181. The zero-order valence-corrected chi connectivity index (χ0v) is 31.8. The number of hydrogen-bond donors (Lipinski definition) is 2. The molecule has 2 aromatic heterocycles. The molecule has 3 aromatic rings. The van der Waals surface area contributed by atoms with E-state index < -0.39 is 17.3 Å². The molecule has 0 saturated carbocycles. The number of unbranched alkanes of at least 4 members (excludes halogenated alkanes) is 8. The molecule has 3 rings (SSSR count). The average molecular weight is 728 g/mol. The Kier molecular flexibility index (Phi) is 20.0. The number of aryl methyl sites for hydroxylation is 1. The molecule has 0 unspecified atom stereocenters. The van der Waals surface area contributed by atoms with Gasteiger partial charge in [-0.3, -0.25) is 9.48 Å². The van der Waals surface area contributed by atoms with E-state index in [1.165, 1.54) is 57.4 Å². The van der Waals surface area contributed by atoms with Crippen LogP contribution < -0.4 is 16.3 Å². The summed E-state index contributed by atoms with van der Waals surface area (Å²) in [5.41, 5.74) is 1.52. The topological polar surface area (TPSA) is 156 Å². The number of ether oxygens (including phenoxy) is 4. The molecule has 2 N–H and O–H groups in total. The molecule has 13 nitrogen and oxygen atoms in total. The molecule has 290 valence electrons. The first-order chi connectivity index (χ1) is 25.1. The van der Waals surface area contributed by atoms with E-state index >= 15 is 0 Å². The van der Waals surface area contributed by atoms with Gasteiger partial charge in [-0.25, -0.2) is 9.59 Å². The number of hydrogen-bond acceptors (Lipinski definition) is 10. The summed E-state index contributed by atoms with van der Waals surface area (Å²) < 4.78 is 29.1. The highest BCUT2D eigenvalue weighted by molar-refractivity contribution is 5.89. The smallest absolute Gasteiger partial charge is 0.407 e. The van der Waals surface area contributed by atoms with Gasteiger partial charge < -0.3 is 34.0 Å². The van der Waals surface area contributed by atoms with E-state index in [-0.39, 0.29) is 12.3 Å². The van der Waals surface area contributed by atoms with Crippen LogP contribution in [0.1, 0.15) is 104 Å². The van der Waals surface area contributed by atoms with Crippen molar-refractivity contribution >= 4 is 23.0 Å². The molecule has 0 bridgehead atoms. The van der Waals surface area contributed by atoms with Crippen molar-refractivity contribution in [2.45, 2.75) is 117 Å². The predicted molar refractivity (Wildman–Crippen MR) is 201 cm³/mol. The van der Waals surface area contributed by atoms with Gasteiger partial charge in [0.1, 0.15) is 16.9 Å². The molecule has 0 atom stereocenters. The summed E-state index contributed by atoms with van der Waals surface area (Å²) >= 11 is 0. The molecule has 0 aliphatic carbocycles. The Labute approximate surface area is 308 Å². The molecule has 0 aliphatic heterocycles. The van der Waals surface area contributed by atoms with E-state index in [4.69, 9.17) is 23.4 Å². The van der Waals surface area contributed by atoms with E-state index in [2.05, 4.69) is 27.9 Å². The van der Waals surface area contributed by atoms with E-state index in [9.17, 15) is 14.4 Å². The Hall–Kier alpha value is -3.81. The second-order valence-electron chi connectivity index (χ2n) is 14.0. The van der Waals surface area contributed by atoms with Crippen LogP contribution in [0.25, 0.3) is 22.2 Å². The first-order valence-corrected chi connectivity index (χ1v) is 19.1. The quantitative estimate of drug-likeness (QED) is 0.0649. The van der Waals surface area contributed by atoms with Crippen molar-refractivity contribution < 1.29 is 33.0 Å². The van der Waals surface area contributed by atoms with Gasteiger partial charge in [0.05, 0.1) is 39.0 Å². The molecule has 0 saturated heterocycles. The molecule has 0 aliphatic rings. The molecule has 2 heterocycles. The number of nitrogens with zero attached hydrogens (tertiary/aromatic N) is 3. The normalized spacial score (nSPS) is 11.6. The number of rotatable bonds is 27. The maximum absolute atomic E-state index is 12.7. The third-order valence-electron chi connectivity index (χ3n) is 8.17. The highest BCUT2D eigenvalue weighted by Gasteiger charge is 2.15. The van der Waals surface area contributed by atoms with Crippen LogP contribution in [0, 0.1) is 0 Å². The first kappa shape index (κ1) is 42.6. The van der Waals surface area contributed by atoms with Crippen LogP contribution >= 0.6 is 0 Å². The Morgan fingerprint density at radius 1 is 0.788 bits per heavy atom.